The van der Waals surface area contributed by atoms with Crippen LogP contribution >= 0.6 is 0 Å². The third kappa shape index (κ3) is 3.81. The summed E-state index contributed by atoms with van der Waals surface area (Å²) in [5, 5.41) is 10.5. The highest BCUT2D eigenvalue weighted by Gasteiger charge is 2.27. The first-order chi connectivity index (χ1) is 17.0. The SMILES string of the molecule is O=C1NCc2cc(-c3ccc(Nc4ccc(S(=O)(=O)N5CCOCC5)nc4)c4ncnn34)ccc21. The van der Waals surface area contributed by atoms with Crippen molar-refractivity contribution < 1.29 is 17.9 Å². The molecule has 1 amide bonds. The Morgan fingerprint density at radius 1 is 1.03 bits per heavy atom. The Kier molecular flexibility index (Phi) is 5.20. The molecule has 178 valence electrons. The molecule has 1 fully saturated rings. The summed E-state index contributed by atoms with van der Waals surface area (Å²) >= 11 is 0. The molecule has 3 aromatic heterocycles. The molecule has 4 aromatic rings. The van der Waals surface area contributed by atoms with Crippen molar-refractivity contribution in [3.8, 4) is 11.3 Å². The van der Waals surface area contributed by atoms with Gasteiger partial charge >= 0.3 is 0 Å². The number of morpholine rings is 1. The zero-order valence-electron chi connectivity index (χ0n) is 18.5. The maximum Gasteiger partial charge on any atom is 0.260 e. The van der Waals surface area contributed by atoms with Crippen LogP contribution in [0.4, 0.5) is 11.4 Å². The van der Waals surface area contributed by atoms with Crippen molar-refractivity contribution in [2.24, 2.45) is 0 Å². The molecule has 0 radical (unpaired) electrons. The van der Waals surface area contributed by atoms with E-state index in [0.29, 0.717) is 55.4 Å². The van der Waals surface area contributed by atoms with Gasteiger partial charge < -0.3 is 15.4 Å². The lowest BCUT2D eigenvalue weighted by atomic mass is 10.0. The van der Waals surface area contributed by atoms with E-state index in [1.807, 2.05) is 30.3 Å². The van der Waals surface area contributed by atoms with Gasteiger partial charge in [0.25, 0.3) is 15.9 Å². The third-order valence-corrected chi connectivity index (χ3v) is 7.91. The Morgan fingerprint density at radius 3 is 2.69 bits per heavy atom. The number of hydrogen-bond acceptors (Lipinski definition) is 8. The van der Waals surface area contributed by atoms with Gasteiger partial charge in [-0.2, -0.15) is 9.40 Å². The number of benzene rings is 1. The molecule has 1 saturated heterocycles. The molecule has 2 aliphatic heterocycles. The first-order valence-electron chi connectivity index (χ1n) is 11.1. The molecular weight excluding hydrogens is 470 g/mol. The lowest BCUT2D eigenvalue weighted by Crippen LogP contribution is -2.40. The van der Waals surface area contributed by atoms with Crippen LogP contribution in [0.25, 0.3) is 16.9 Å². The summed E-state index contributed by atoms with van der Waals surface area (Å²) in [7, 11) is -3.66. The van der Waals surface area contributed by atoms with Crippen LogP contribution in [0.5, 0.6) is 0 Å². The molecule has 0 aliphatic carbocycles. The zero-order valence-corrected chi connectivity index (χ0v) is 19.3. The Bertz CT molecular complexity index is 1540. The van der Waals surface area contributed by atoms with Gasteiger partial charge in [0, 0.05) is 30.8 Å². The number of sulfonamides is 1. The molecule has 0 atom stereocenters. The summed E-state index contributed by atoms with van der Waals surface area (Å²) in [5.41, 5.74) is 5.29. The highest BCUT2D eigenvalue weighted by atomic mass is 32.2. The van der Waals surface area contributed by atoms with Crippen molar-refractivity contribution in [2.45, 2.75) is 11.6 Å². The normalized spacial score (nSPS) is 16.3. The molecule has 2 aliphatic rings. The number of nitrogens with zero attached hydrogens (tertiary/aromatic N) is 5. The van der Waals surface area contributed by atoms with Gasteiger partial charge in [-0.15, -0.1) is 0 Å². The first-order valence-corrected chi connectivity index (χ1v) is 12.5. The largest absolute Gasteiger partial charge is 0.379 e. The summed E-state index contributed by atoms with van der Waals surface area (Å²) < 4.78 is 33.9. The lowest BCUT2D eigenvalue weighted by Gasteiger charge is -2.25. The standard InChI is InChI=1S/C23H21N7O4S/c31-23-18-3-1-15(11-16(18)12-25-23)20-5-4-19(22-26-14-27-30(20)22)28-17-2-6-21(24-13-17)35(32,33)29-7-9-34-10-8-29/h1-6,11,13-14,28H,7-10,12H2,(H,25,31). The third-order valence-electron chi connectivity index (χ3n) is 6.10. The fourth-order valence-electron chi connectivity index (χ4n) is 4.30. The number of aromatic nitrogens is 4. The van der Waals surface area contributed by atoms with Crippen LogP contribution in [0.1, 0.15) is 15.9 Å². The second-order valence-electron chi connectivity index (χ2n) is 8.21. The molecule has 2 N–H and O–H groups in total. The van der Waals surface area contributed by atoms with E-state index in [1.165, 1.54) is 22.9 Å². The van der Waals surface area contributed by atoms with Crippen molar-refractivity contribution in [1.82, 2.24) is 29.2 Å². The number of pyridine rings is 2. The van der Waals surface area contributed by atoms with E-state index < -0.39 is 10.0 Å². The van der Waals surface area contributed by atoms with Gasteiger partial charge in [-0.25, -0.2) is 22.9 Å². The van der Waals surface area contributed by atoms with Crippen LogP contribution in [0, 0.1) is 0 Å². The minimum atomic E-state index is -3.66. The first kappa shape index (κ1) is 21.6. The summed E-state index contributed by atoms with van der Waals surface area (Å²) in [5.74, 6) is -0.0608. The summed E-state index contributed by atoms with van der Waals surface area (Å²) in [6.07, 6.45) is 2.96. The van der Waals surface area contributed by atoms with Gasteiger partial charge in [-0.3, -0.25) is 4.79 Å². The summed E-state index contributed by atoms with van der Waals surface area (Å²) in [4.78, 5) is 20.4. The Balaban J connectivity index is 1.27. The second kappa shape index (κ2) is 8.41. The number of carbonyl (C=O) groups excluding carboxylic acids is 1. The molecule has 0 saturated carbocycles. The van der Waals surface area contributed by atoms with Crippen molar-refractivity contribution in [2.75, 3.05) is 31.6 Å². The van der Waals surface area contributed by atoms with E-state index >= 15 is 0 Å². The number of anilines is 2. The average molecular weight is 492 g/mol. The number of amides is 1. The highest BCUT2D eigenvalue weighted by Crippen LogP contribution is 2.29. The number of ether oxygens (including phenoxy) is 1. The monoisotopic (exact) mass is 491 g/mol. The molecule has 0 bridgehead atoms. The highest BCUT2D eigenvalue weighted by molar-refractivity contribution is 7.89. The van der Waals surface area contributed by atoms with Gasteiger partial charge in [0.05, 0.1) is 36.5 Å². The Morgan fingerprint density at radius 2 is 1.89 bits per heavy atom. The number of fused-ring (bicyclic) bond motifs is 2. The fourth-order valence-corrected chi connectivity index (χ4v) is 5.62. The van der Waals surface area contributed by atoms with E-state index in [9.17, 15) is 13.2 Å². The Hall–Kier alpha value is -3.87. The van der Waals surface area contributed by atoms with Crippen LogP contribution in [0.2, 0.25) is 0 Å². The molecule has 6 rings (SSSR count). The van der Waals surface area contributed by atoms with E-state index in [0.717, 1.165) is 16.8 Å². The maximum absolute atomic E-state index is 12.8. The minimum absolute atomic E-state index is 0.00231. The van der Waals surface area contributed by atoms with Crippen LogP contribution in [-0.4, -0.2) is 64.5 Å². The number of hydrogen-bond donors (Lipinski definition) is 2. The van der Waals surface area contributed by atoms with Gasteiger partial charge in [0.2, 0.25) is 0 Å². The van der Waals surface area contributed by atoms with E-state index in [-0.39, 0.29) is 10.9 Å². The predicted octanol–water partition coefficient (Wildman–Crippen LogP) is 1.80. The molecule has 5 heterocycles. The lowest BCUT2D eigenvalue weighted by molar-refractivity contribution is 0.0729. The van der Waals surface area contributed by atoms with Crippen LogP contribution in [0.3, 0.4) is 0 Å². The Labute approximate surface area is 200 Å². The number of rotatable bonds is 5. The van der Waals surface area contributed by atoms with Crippen molar-refractivity contribution in [3.63, 3.8) is 0 Å². The summed E-state index contributed by atoms with van der Waals surface area (Å²) in [6, 6.07) is 12.7. The molecule has 1 aromatic carbocycles. The molecule has 35 heavy (non-hydrogen) atoms. The summed E-state index contributed by atoms with van der Waals surface area (Å²) in [6.45, 7) is 1.90. The molecule has 0 unspecified atom stereocenters. The smallest absolute Gasteiger partial charge is 0.260 e. The quantitative estimate of drug-likeness (QED) is 0.432. The van der Waals surface area contributed by atoms with Crippen LogP contribution in [0.15, 0.2) is 60.0 Å². The number of carbonyl (C=O) groups is 1. The van der Waals surface area contributed by atoms with Crippen molar-refractivity contribution >= 4 is 33.0 Å². The van der Waals surface area contributed by atoms with Gasteiger partial charge in [0.15, 0.2) is 10.7 Å². The van der Waals surface area contributed by atoms with Crippen molar-refractivity contribution in [1.29, 1.82) is 0 Å². The van der Waals surface area contributed by atoms with Gasteiger partial charge in [0.1, 0.15) is 6.33 Å². The van der Waals surface area contributed by atoms with Crippen molar-refractivity contribution in [3.05, 3.63) is 66.1 Å². The minimum Gasteiger partial charge on any atom is -0.379 e. The number of nitrogens with one attached hydrogen (secondary N) is 2. The fraction of sp³-hybridized carbons (Fsp3) is 0.217. The van der Waals surface area contributed by atoms with E-state index in [4.69, 9.17) is 4.74 Å². The topological polar surface area (TPSA) is 131 Å². The molecule has 0 spiro atoms. The molecule has 11 nitrogen and oxygen atoms in total. The van der Waals surface area contributed by atoms with E-state index in [2.05, 4.69) is 25.7 Å². The van der Waals surface area contributed by atoms with Gasteiger partial charge in [-0.1, -0.05) is 6.07 Å². The van der Waals surface area contributed by atoms with E-state index in [1.54, 1.807) is 10.6 Å². The van der Waals surface area contributed by atoms with Crippen LogP contribution < -0.4 is 10.6 Å². The maximum atomic E-state index is 12.8. The zero-order chi connectivity index (χ0) is 24.0. The van der Waals surface area contributed by atoms with Gasteiger partial charge in [-0.05, 0) is 42.0 Å². The molecule has 12 heteroatoms. The predicted molar refractivity (Wildman–Crippen MR) is 127 cm³/mol. The van der Waals surface area contributed by atoms with Crippen LogP contribution in [-0.2, 0) is 21.3 Å². The second-order valence-corrected chi connectivity index (χ2v) is 10.1. The molecular formula is C23H21N7O4S. The average Bonchev–Trinajstić information content (AvgIpc) is 3.52.